The second-order valence-electron chi connectivity index (χ2n) is 5.97. The third-order valence-corrected chi connectivity index (χ3v) is 4.90. The zero-order valence-corrected chi connectivity index (χ0v) is 16.3. The van der Waals surface area contributed by atoms with E-state index in [0.29, 0.717) is 31.8 Å². The number of para-hydroxylation sites is 1. The molecule has 0 atom stereocenters. The number of aromatic nitrogens is 3. The van der Waals surface area contributed by atoms with Crippen molar-refractivity contribution in [2.24, 2.45) is 0 Å². The Morgan fingerprint density at radius 3 is 2.79 bits per heavy atom. The molecule has 7 nitrogen and oxygen atoms in total. The molecule has 0 fully saturated rings. The van der Waals surface area contributed by atoms with Crippen LogP contribution in [-0.4, -0.2) is 26.4 Å². The van der Waals surface area contributed by atoms with E-state index >= 15 is 0 Å². The van der Waals surface area contributed by atoms with Gasteiger partial charge in [0, 0.05) is 24.4 Å². The number of benzene rings is 1. The Kier molecular flexibility index (Phi) is 7.31. The number of nitrogens with zero attached hydrogens (tertiary/aromatic N) is 3. The van der Waals surface area contributed by atoms with Crippen LogP contribution in [0.15, 0.2) is 71.0 Å². The first-order chi connectivity index (χ1) is 13.8. The Bertz CT molecular complexity index is 877. The highest BCUT2D eigenvalue weighted by Crippen LogP contribution is 2.19. The number of thioether (sulfide) groups is 1. The summed E-state index contributed by atoms with van der Waals surface area (Å²) in [5, 5.41) is 15.5. The molecule has 2 heterocycles. The van der Waals surface area contributed by atoms with Crippen LogP contribution in [0.4, 0.5) is 5.69 Å². The van der Waals surface area contributed by atoms with E-state index in [0.717, 1.165) is 22.4 Å². The Morgan fingerprint density at radius 1 is 1.18 bits per heavy atom. The van der Waals surface area contributed by atoms with Gasteiger partial charge in [0.25, 0.3) is 0 Å². The lowest BCUT2D eigenvalue weighted by molar-refractivity contribution is -0.120. The number of carbonyl (C=O) groups is 1. The highest BCUT2D eigenvalue weighted by molar-refractivity contribution is 7.99. The van der Waals surface area contributed by atoms with Crippen LogP contribution in [-0.2, 0) is 24.4 Å². The zero-order valence-electron chi connectivity index (χ0n) is 15.5. The Balaban J connectivity index is 1.49. The molecule has 0 bridgehead atoms. The van der Waals surface area contributed by atoms with E-state index in [1.54, 1.807) is 12.3 Å². The number of carbonyl (C=O) groups excluding carboxylic acids is 1. The number of rotatable bonds is 11. The van der Waals surface area contributed by atoms with Crippen LogP contribution in [0.1, 0.15) is 18.0 Å². The second kappa shape index (κ2) is 10.4. The maximum atomic E-state index is 12.0. The average molecular weight is 398 g/mol. The van der Waals surface area contributed by atoms with Crippen molar-refractivity contribution < 1.29 is 9.21 Å². The standard InChI is InChI=1S/C20H23N5O2S/c1-2-11-25-18(15-21-16-7-4-3-5-8-16)23-24-20(25)28-13-10-19(26)22-14-17-9-6-12-27-17/h2-9,12,21H,1,10-11,13-15H2,(H,22,26). The van der Waals surface area contributed by atoms with Crippen LogP contribution >= 0.6 is 11.8 Å². The van der Waals surface area contributed by atoms with Gasteiger partial charge in [-0.1, -0.05) is 36.0 Å². The monoisotopic (exact) mass is 397 g/mol. The molecule has 0 spiro atoms. The van der Waals surface area contributed by atoms with Gasteiger partial charge in [0.1, 0.15) is 5.76 Å². The van der Waals surface area contributed by atoms with Gasteiger partial charge in [-0.25, -0.2) is 0 Å². The van der Waals surface area contributed by atoms with Gasteiger partial charge < -0.3 is 19.6 Å². The molecule has 28 heavy (non-hydrogen) atoms. The third-order valence-electron chi connectivity index (χ3n) is 3.93. The minimum absolute atomic E-state index is 0.0235. The van der Waals surface area contributed by atoms with Crippen molar-refractivity contribution in [3.05, 3.63) is 73.0 Å². The first-order valence-electron chi connectivity index (χ1n) is 9.00. The summed E-state index contributed by atoms with van der Waals surface area (Å²) in [6, 6.07) is 13.6. The van der Waals surface area contributed by atoms with Crippen LogP contribution in [0.2, 0.25) is 0 Å². The van der Waals surface area contributed by atoms with Gasteiger partial charge in [-0.3, -0.25) is 4.79 Å². The maximum absolute atomic E-state index is 12.0. The molecule has 0 saturated heterocycles. The number of nitrogens with one attached hydrogen (secondary N) is 2. The summed E-state index contributed by atoms with van der Waals surface area (Å²) in [5.74, 6) is 2.16. The van der Waals surface area contributed by atoms with Crippen molar-refractivity contribution in [3.8, 4) is 0 Å². The van der Waals surface area contributed by atoms with E-state index in [9.17, 15) is 4.79 Å². The highest BCUT2D eigenvalue weighted by atomic mass is 32.2. The van der Waals surface area contributed by atoms with Crippen LogP contribution in [0, 0.1) is 0 Å². The van der Waals surface area contributed by atoms with Crippen molar-refractivity contribution in [2.75, 3.05) is 11.1 Å². The molecule has 1 amide bonds. The highest BCUT2D eigenvalue weighted by Gasteiger charge is 2.12. The summed E-state index contributed by atoms with van der Waals surface area (Å²) >= 11 is 1.51. The van der Waals surface area contributed by atoms with E-state index in [1.807, 2.05) is 47.0 Å². The summed E-state index contributed by atoms with van der Waals surface area (Å²) in [7, 11) is 0. The molecule has 8 heteroatoms. The normalized spacial score (nSPS) is 10.6. The topological polar surface area (TPSA) is 85.0 Å². The largest absolute Gasteiger partial charge is 0.467 e. The minimum Gasteiger partial charge on any atom is -0.467 e. The molecule has 2 aromatic heterocycles. The molecule has 0 saturated carbocycles. The predicted molar refractivity (Wildman–Crippen MR) is 110 cm³/mol. The molecular weight excluding hydrogens is 374 g/mol. The first kappa shape index (κ1) is 19.8. The summed E-state index contributed by atoms with van der Waals surface area (Å²) in [4.78, 5) is 12.0. The van der Waals surface area contributed by atoms with E-state index in [1.165, 1.54) is 11.8 Å². The summed E-state index contributed by atoms with van der Waals surface area (Å²) < 4.78 is 7.21. The van der Waals surface area contributed by atoms with Gasteiger partial charge >= 0.3 is 0 Å². The van der Waals surface area contributed by atoms with Crippen molar-refractivity contribution in [1.82, 2.24) is 20.1 Å². The lowest BCUT2D eigenvalue weighted by Crippen LogP contribution is -2.22. The number of allylic oxidation sites excluding steroid dienone is 1. The first-order valence-corrected chi connectivity index (χ1v) is 9.98. The molecule has 0 aliphatic rings. The molecule has 0 aliphatic carbocycles. The zero-order chi connectivity index (χ0) is 19.6. The summed E-state index contributed by atoms with van der Waals surface area (Å²) in [6.45, 7) is 5.40. The fraction of sp³-hybridized carbons (Fsp3) is 0.250. The number of anilines is 1. The van der Waals surface area contributed by atoms with Gasteiger partial charge in [-0.15, -0.1) is 16.8 Å². The van der Waals surface area contributed by atoms with Gasteiger partial charge in [-0.05, 0) is 24.3 Å². The fourth-order valence-corrected chi connectivity index (χ4v) is 3.43. The molecule has 3 rings (SSSR count). The lowest BCUT2D eigenvalue weighted by Gasteiger charge is -2.09. The van der Waals surface area contributed by atoms with Gasteiger partial charge in [0.05, 0.1) is 19.4 Å². The number of hydrogen-bond donors (Lipinski definition) is 2. The van der Waals surface area contributed by atoms with Gasteiger partial charge in [0.2, 0.25) is 5.91 Å². The molecule has 0 unspecified atom stereocenters. The maximum Gasteiger partial charge on any atom is 0.221 e. The minimum atomic E-state index is -0.0235. The molecule has 0 radical (unpaired) electrons. The van der Waals surface area contributed by atoms with E-state index in [-0.39, 0.29) is 5.91 Å². The van der Waals surface area contributed by atoms with Crippen LogP contribution in [0.25, 0.3) is 0 Å². The summed E-state index contributed by atoms with van der Waals surface area (Å²) in [6.07, 6.45) is 3.80. The Labute approximate surface area is 168 Å². The number of amides is 1. The van der Waals surface area contributed by atoms with Gasteiger partial charge in [-0.2, -0.15) is 0 Å². The summed E-state index contributed by atoms with van der Waals surface area (Å²) in [5.41, 5.74) is 1.03. The van der Waals surface area contributed by atoms with Crippen LogP contribution in [0.5, 0.6) is 0 Å². The smallest absolute Gasteiger partial charge is 0.221 e. The molecule has 2 N–H and O–H groups in total. The number of hydrogen-bond acceptors (Lipinski definition) is 6. The van der Waals surface area contributed by atoms with E-state index in [4.69, 9.17) is 4.42 Å². The lowest BCUT2D eigenvalue weighted by atomic mass is 10.3. The van der Waals surface area contributed by atoms with Crippen molar-refractivity contribution in [1.29, 1.82) is 0 Å². The van der Waals surface area contributed by atoms with E-state index in [2.05, 4.69) is 27.4 Å². The molecule has 0 aliphatic heterocycles. The van der Waals surface area contributed by atoms with Crippen molar-refractivity contribution >= 4 is 23.4 Å². The fourth-order valence-electron chi connectivity index (χ4n) is 2.53. The quantitative estimate of drug-likeness (QED) is 0.381. The Hall–Kier alpha value is -3.00. The molecular formula is C20H23N5O2S. The molecule has 3 aromatic rings. The van der Waals surface area contributed by atoms with Gasteiger partial charge in [0.15, 0.2) is 11.0 Å². The predicted octanol–water partition coefficient (Wildman–Crippen LogP) is 3.47. The third kappa shape index (κ3) is 5.75. The Morgan fingerprint density at radius 2 is 2.04 bits per heavy atom. The van der Waals surface area contributed by atoms with Crippen molar-refractivity contribution in [2.45, 2.75) is 31.2 Å². The number of furan rings is 1. The second-order valence-corrected chi connectivity index (χ2v) is 7.03. The van der Waals surface area contributed by atoms with E-state index < -0.39 is 0 Å². The average Bonchev–Trinajstić information content (AvgIpc) is 3.37. The van der Waals surface area contributed by atoms with Crippen LogP contribution in [0.3, 0.4) is 0 Å². The van der Waals surface area contributed by atoms with Crippen molar-refractivity contribution in [3.63, 3.8) is 0 Å². The van der Waals surface area contributed by atoms with Crippen LogP contribution < -0.4 is 10.6 Å². The molecule has 146 valence electrons. The SMILES string of the molecule is C=CCn1c(CNc2ccccc2)nnc1SCCC(=O)NCc1ccco1. The molecule has 1 aromatic carbocycles.